The molecule has 484 valence electrons. The highest BCUT2D eigenvalue weighted by molar-refractivity contribution is 5.99. The number of esters is 2. The first kappa shape index (κ1) is 75.3. The van der Waals surface area contributed by atoms with Gasteiger partial charge >= 0.3 is 23.9 Å². The summed E-state index contributed by atoms with van der Waals surface area (Å²) in [6.45, 7) is 5.59. The van der Waals surface area contributed by atoms with Crippen molar-refractivity contribution in [2.45, 2.75) is 150 Å². The summed E-state index contributed by atoms with van der Waals surface area (Å²) in [7, 11) is 15.0. The van der Waals surface area contributed by atoms with E-state index in [1.54, 1.807) is 38.1 Å². The predicted molar refractivity (Wildman–Crippen MR) is 301 cm³/mol. The van der Waals surface area contributed by atoms with E-state index in [0.29, 0.717) is 76.5 Å². The van der Waals surface area contributed by atoms with Crippen molar-refractivity contribution in [1.82, 2.24) is 24.5 Å². The maximum absolute atomic E-state index is 12.9. The number of rotatable bonds is 14. The number of hydrogen-bond acceptors (Lipinski definition) is 25. The predicted octanol–water partition coefficient (Wildman–Crippen LogP) is -1.12. The van der Waals surface area contributed by atoms with Gasteiger partial charge in [-0.15, -0.1) is 0 Å². The van der Waals surface area contributed by atoms with Crippen LogP contribution in [0.5, 0.6) is 11.5 Å². The minimum atomic E-state index is -0.848. The topological polar surface area (TPSA) is 402 Å². The van der Waals surface area contributed by atoms with Crippen LogP contribution in [0.3, 0.4) is 0 Å². The van der Waals surface area contributed by atoms with Crippen LogP contribution in [0.4, 0.5) is 5.69 Å². The first-order valence-corrected chi connectivity index (χ1v) is 28.1. The van der Waals surface area contributed by atoms with Gasteiger partial charge in [-0.2, -0.15) is 0 Å². The number of methoxy groups -OCH3 is 5. The van der Waals surface area contributed by atoms with E-state index in [1.165, 1.54) is 26.2 Å². The average Bonchev–Trinajstić information content (AvgIpc) is 4.47. The maximum Gasteiger partial charge on any atom is 0.323 e. The van der Waals surface area contributed by atoms with E-state index in [-0.39, 0.29) is 91.3 Å². The number of nitrogens with zero attached hydrogens (tertiary/aromatic N) is 6. The van der Waals surface area contributed by atoms with Crippen LogP contribution in [0.25, 0.3) is 0 Å². The first-order valence-electron chi connectivity index (χ1n) is 28.1. The third-order valence-electron chi connectivity index (χ3n) is 15.4. The van der Waals surface area contributed by atoms with Crippen molar-refractivity contribution in [2.24, 2.45) is 11.8 Å². The summed E-state index contributed by atoms with van der Waals surface area (Å²) in [5, 5.41) is 101. The van der Waals surface area contributed by atoms with Crippen LogP contribution in [0, 0.1) is 22.0 Å². The Morgan fingerprint density at radius 2 is 1.04 bits per heavy atom. The molecule has 0 bridgehead atoms. The molecule has 29 heteroatoms. The quantitative estimate of drug-likeness (QED) is 0.0456. The van der Waals surface area contributed by atoms with Gasteiger partial charge in [-0.3, -0.25) is 53.7 Å². The fourth-order valence-electron chi connectivity index (χ4n) is 10.9. The van der Waals surface area contributed by atoms with Crippen molar-refractivity contribution in [1.29, 1.82) is 0 Å². The van der Waals surface area contributed by atoms with Crippen molar-refractivity contribution < 1.29 is 108 Å². The third kappa shape index (κ3) is 25.6. The molecule has 5 heterocycles. The van der Waals surface area contributed by atoms with Crippen molar-refractivity contribution in [3.05, 3.63) is 27.8 Å². The molecule has 1 aromatic rings. The Morgan fingerprint density at radius 3 is 1.39 bits per heavy atom. The van der Waals surface area contributed by atoms with Crippen LogP contribution < -0.4 is 9.47 Å². The van der Waals surface area contributed by atoms with Gasteiger partial charge in [0.25, 0.3) is 11.6 Å². The molecule has 8 rings (SSSR count). The Kier molecular flexibility index (Phi) is 34.4. The third-order valence-corrected chi connectivity index (χ3v) is 15.4. The number of carboxylic acid groups (broad SMARTS) is 2. The highest BCUT2D eigenvalue weighted by Gasteiger charge is 2.39. The van der Waals surface area contributed by atoms with Gasteiger partial charge in [0.05, 0.1) is 99.7 Å². The van der Waals surface area contributed by atoms with E-state index < -0.39 is 58.7 Å². The number of carbonyl (C=O) groups is 5. The van der Waals surface area contributed by atoms with Gasteiger partial charge < -0.3 is 84.4 Å². The summed E-state index contributed by atoms with van der Waals surface area (Å²) >= 11 is 0. The Bertz CT molecular complexity index is 2170. The zero-order valence-electron chi connectivity index (χ0n) is 50.3. The minimum Gasteiger partial charge on any atom is -0.493 e. The summed E-state index contributed by atoms with van der Waals surface area (Å²) in [4.78, 5) is 75.3. The summed E-state index contributed by atoms with van der Waals surface area (Å²) in [6, 6.07) is 1.59. The van der Waals surface area contributed by atoms with Crippen molar-refractivity contribution in [3.8, 4) is 11.5 Å². The van der Waals surface area contributed by atoms with E-state index in [9.17, 15) is 44.3 Å². The molecule has 29 nitrogen and oxygen atoms in total. The maximum atomic E-state index is 12.9. The number of ether oxygens (including phenoxy) is 6. The first-order chi connectivity index (χ1) is 39.5. The van der Waals surface area contributed by atoms with E-state index >= 15 is 0 Å². The molecule has 2 saturated carbocycles. The largest absolute Gasteiger partial charge is 0.493 e. The van der Waals surface area contributed by atoms with Gasteiger partial charge in [0, 0.05) is 98.6 Å². The number of amides is 1. The normalized spacial score (nSPS) is 30.0. The lowest BCUT2D eigenvalue weighted by Gasteiger charge is -2.24. The summed E-state index contributed by atoms with van der Waals surface area (Å²) in [5.74, 6) is -3.02. The van der Waals surface area contributed by atoms with Gasteiger partial charge in [-0.05, 0) is 91.9 Å². The number of nitro groups is 1. The molecular weight excluding hydrogens is 1110 g/mol. The van der Waals surface area contributed by atoms with Crippen LogP contribution >= 0.6 is 0 Å². The average molecular weight is 1210 g/mol. The number of carboxylic acids is 2. The molecule has 14 atom stereocenters. The standard InChI is InChI=1S/C16H20N2O8.C7H13NO3.C7H15NO2.C7H14O2.C6H11NO3.C6H13NO2.C6H10O3/c1-9(19)26-15-6-13(18(22)23)12(5-14(15)25-3)16(21)17-7-11(20)4-10(17)8-24-2;1-8-4-5(9)3-6(8)7(10)11-2;1-8-4-7(9)3-6(8)5-10-2;1-9-5-6-2-3-7(8)4-6;1-7-3-4(8)2-5(7)6(9)10;1-7-3-6(9)2-5(7)4-8;7-5-2-1-4(3-5)6(8)9/h5-6,10-11,20H,4,7-8H2,1-3H3;5-6,9H,3-4H2,1-2H3;6-7,9H,3-5H2,1-2H3;6-8H,2-5H2,1H3;4-5,8H,2-3H2,1H3,(H,9,10);5-6,8-9H,2-4H2,1H3;4-5,7H,1-3H2,(H,8,9)/t10-,11-;5-,6+;6-,7+;6-,7-;4-,5+;5-,6+;4-,5-/m0100100/s1. The van der Waals surface area contributed by atoms with Crippen LogP contribution in [0.15, 0.2) is 12.1 Å². The number of nitro benzene ring substituents is 1. The van der Waals surface area contributed by atoms with E-state index in [4.69, 9.17) is 64.5 Å². The molecule has 0 aromatic heterocycles. The molecule has 10 N–H and O–H groups in total. The second kappa shape index (κ2) is 38.4. The van der Waals surface area contributed by atoms with E-state index in [2.05, 4.69) is 9.64 Å². The zero-order valence-corrected chi connectivity index (χ0v) is 50.3. The monoisotopic (exact) mass is 1210 g/mol. The van der Waals surface area contributed by atoms with Gasteiger partial charge in [0.2, 0.25) is 0 Å². The summed E-state index contributed by atoms with van der Waals surface area (Å²) in [6.07, 6.45) is 5.10. The number of aliphatic hydroxyl groups excluding tert-OH is 8. The van der Waals surface area contributed by atoms with Crippen molar-refractivity contribution in [2.75, 3.05) is 123 Å². The number of aliphatic hydroxyl groups is 8. The molecule has 2 aliphatic carbocycles. The Morgan fingerprint density at radius 1 is 0.560 bits per heavy atom. The second-order valence-corrected chi connectivity index (χ2v) is 22.3. The smallest absolute Gasteiger partial charge is 0.323 e. The van der Waals surface area contributed by atoms with Gasteiger partial charge in [0.15, 0.2) is 11.5 Å². The van der Waals surface area contributed by atoms with Gasteiger partial charge in [-0.25, -0.2) is 0 Å². The fraction of sp³-hybridized carbons (Fsp3) is 0.800. The van der Waals surface area contributed by atoms with Crippen LogP contribution in [0.1, 0.15) is 87.9 Å². The molecule has 0 unspecified atom stereocenters. The number of aliphatic carboxylic acids is 2. The number of β-amino-alcohol motifs (C(OH)–C–C–N with tert-alkyl or cyclic N) is 5. The Hall–Kier alpha value is -4.83. The van der Waals surface area contributed by atoms with Crippen LogP contribution in [-0.4, -0.2) is 306 Å². The van der Waals surface area contributed by atoms with Gasteiger partial charge in [0.1, 0.15) is 17.6 Å². The molecule has 0 radical (unpaired) electrons. The number of carbonyl (C=O) groups excluding carboxylic acids is 3. The van der Waals surface area contributed by atoms with Gasteiger partial charge in [-0.1, -0.05) is 0 Å². The highest BCUT2D eigenvalue weighted by Crippen LogP contribution is 2.37. The molecular formula is C55H96N6O23. The molecule has 0 spiro atoms. The molecule has 5 aliphatic heterocycles. The van der Waals surface area contributed by atoms with E-state index in [1.807, 2.05) is 19.0 Å². The molecule has 7 fully saturated rings. The highest BCUT2D eigenvalue weighted by atomic mass is 16.6. The van der Waals surface area contributed by atoms with Crippen LogP contribution in [-0.2, 0) is 38.1 Å². The number of likely N-dealkylation sites (tertiary alicyclic amines) is 5. The number of likely N-dealkylation sites (N-methyl/N-ethyl adjacent to an activating group) is 4. The Balaban J connectivity index is 0.000000353. The summed E-state index contributed by atoms with van der Waals surface area (Å²) < 4.78 is 29.6. The summed E-state index contributed by atoms with van der Waals surface area (Å²) in [5.41, 5.74) is -0.748. The number of hydrogen-bond donors (Lipinski definition) is 10. The van der Waals surface area contributed by atoms with Crippen molar-refractivity contribution >= 4 is 35.5 Å². The molecule has 5 saturated heterocycles. The second-order valence-electron chi connectivity index (χ2n) is 22.3. The van der Waals surface area contributed by atoms with E-state index in [0.717, 1.165) is 64.5 Å². The lowest BCUT2D eigenvalue weighted by atomic mass is 10.1. The Labute approximate surface area is 491 Å². The lowest BCUT2D eigenvalue weighted by molar-refractivity contribution is -0.385. The molecule has 1 aromatic carbocycles. The minimum absolute atomic E-state index is 0.0113. The molecule has 7 aliphatic rings. The number of benzene rings is 1. The van der Waals surface area contributed by atoms with Crippen molar-refractivity contribution in [3.63, 3.8) is 0 Å². The fourth-order valence-corrected chi connectivity index (χ4v) is 10.9. The SMILES string of the molecule is CN1C[C@H](O)C[C@H]1C(=O)O.CN1C[C@H](O)C[C@H]1CO.COC(=O)[C@@H]1C[C@@H](O)CN1C.COC[C@@H]1C[C@@H](O)CN1C.COC[C@@H]1C[C@H](O)CN1C(=O)c1cc(OC)c(OC(C)=O)cc1[N+](=O)[O-].COC[C@H]1CC[C@H](O)C1.O=C(O)[C@H]1CC[C@H](O)C1. The zero-order chi connectivity index (χ0) is 63.5. The van der Waals surface area contributed by atoms with Crippen LogP contribution in [0.2, 0.25) is 0 Å². The molecule has 84 heavy (non-hydrogen) atoms. The molecule has 1 amide bonds. The lowest BCUT2D eigenvalue weighted by Crippen LogP contribution is -2.38.